The van der Waals surface area contributed by atoms with Crippen LogP contribution < -0.4 is 10.2 Å². The summed E-state index contributed by atoms with van der Waals surface area (Å²) in [5.74, 6) is -2.80. The molecule has 28 heavy (non-hydrogen) atoms. The van der Waals surface area contributed by atoms with Gasteiger partial charge in [-0.2, -0.15) is 0 Å². The van der Waals surface area contributed by atoms with Crippen LogP contribution in [0.15, 0.2) is 48.5 Å². The second-order valence-corrected chi connectivity index (χ2v) is 6.74. The number of esters is 1. The van der Waals surface area contributed by atoms with Crippen molar-refractivity contribution < 1.29 is 23.5 Å². The van der Waals surface area contributed by atoms with Gasteiger partial charge in [0.15, 0.2) is 6.61 Å². The standard InChI is InChI=1S/C20H18ClFN2O4/c21-15-6-2-1-5-13(15)10-23-18(25)12-28-20(27)14-9-19(26)24(11-14)17-8-4-3-7-16(17)22/h1-8,14H,9-12H2,(H,23,25)/t14-/m1/s1. The highest BCUT2D eigenvalue weighted by molar-refractivity contribution is 6.31. The zero-order valence-corrected chi connectivity index (χ0v) is 15.6. The van der Waals surface area contributed by atoms with Gasteiger partial charge in [-0.1, -0.05) is 41.9 Å². The Morgan fingerprint density at radius 3 is 2.64 bits per heavy atom. The van der Waals surface area contributed by atoms with Gasteiger partial charge in [-0.25, -0.2) is 4.39 Å². The van der Waals surface area contributed by atoms with Crippen LogP contribution in [0.5, 0.6) is 0 Å². The molecule has 3 rings (SSSR count). The van der Waals surface area contributed by atoms with Crippen molar-refractivity contribution >= 4 is 35.1 Å². The summed E-state index contributed by atoms with van der Waals surface area (Å²) in [5.41, 5.74) is 0.867. The number of hydrogen-bond acceptors (Lipinski definition) is 4. The number of carbonyl (C=O) groups is 3. The Balaban J connectivity index is 1.49. The van der Waals surface area contributed by atoms with E-state index in [1.807, 2.05) is 0 Å². The van der Waals surface area contributed by atoms with E-state index in [2.05, 4.69) is 5.32 Å². The summed E-state index contributed by atoms with van der Waals surface area (Å²) in [6.07, 6.45) is -0.0889. The quantitative estimate of drug-likeness (QED) is 0.751. The second kappa shape index (κ2) is 8.84. The predicted octanol–water partition coefficient (Wildman–Crippen LogP) is 2.69. The molecule has 1 atom stereocenters. The number of benzene rings is 2. The summed E-state index contributed by atoms with van der Waals surface area (Å²) in [6, 6.07) is 12.9. The van der Waals surface area contributed by atoms with Gasteiger partial charge in [0.25, 0.3) is 5.91 Å². The van der Waals surface area contributed by atoms with Crippen LogP contribution in [-0.4, -0.2) is 30.9 Å². The van der Waals surface area contributed by atoms with Crippen LogP contribution in [0.2, 0.25) is 5.02 Å². The fraction of sp³-hybridized carbons (Fsp3) is 0.250. The lowest BCUT2D eigenvalue weighted by Gasteiger charge is -2.17. The number of carbonyl (C=O) groups excluding carboxylic acids is 3. The first-order valence-electron chi connectivity index (χ1n) is 8.67. The average Bonchev–Trinajstić information content (AvgIpc) is 3.07. The molecule has 0 aromatic heterocycles. The van der Waals surface area contributed by atoms with Crippen molar-refractivity contribution in [1.29, 1.82) is 0 Å². The van der Waals surface area contributed by atoms with E-state index in [1.54, 1.807) is 30.3 Å². The lowest BCUT2D eigenvalue weighted by atomic mass is 10.1. The van der Waals surface area contributed by atoms with E-state index in [1.165, 1.54) is 23.1 Å². The number of nitrogens with zero attached hydrogens (tertiary/aromatic N) is 1. The minimum absolute atomic E-state index is 0.0137. The summed E-state index contributed by atoms with van der Waals surface area (Å²) in [4.78, 5) is 37.4. The highest BCUT2D eigenvalue weighted by Crippen LogP contribution is 2.27. The van der Waals surface area contributed by atoms with Crippen LogP contribution in [0, 0.1) is 11.7 Å². The number of ether oxygens (including phenoxy) is 1. The minimum Gasteiger partial charge on any atom is -0.455 e. The lowest BCUT2D eigenvalue weighted by Crippen LogP contribution is -2.31. The lowest BCUT2D eigenvalue weighted by molar-refractivity contribution is -0.152. The molecular formula is C20H18ClFN2O4. The van der Waals surface area contributed by atoms with Gasteiger partial charge in [0.2, 0.25) is 5.91 Å². The summed E-state index contributed by atoms with van der Waals surface area (Å²) in [7, 11) is 0. The minimum atomic E-state index is -0.747. The molecule has 1 aliphatic rings. The monoisotopic (exact) mass is 404 g/mol. The Bertz CT molecular complexity index is 905. The molecule has 1 N–H and O–H groups in total. The Morgan fingerprint density at radius 2 is 1.89 bits per heavy atom. The number of halogens is 2. The molecule has 8 heteroatoms. The number of amides is 2. The zero-order valence-electron chi connectivity index (χ0n) is 14.9. The Hall–Kier alpha value is -2.93. The zero-order chi connectivity index (χ0) is 20.1. The van der Waals surface area contributed by atoms with E-state index in [-0.39, 0.29) is 31.1 Å². The van der Waals surface area contributed by atoms with Crippen LogP contribution in [0.25, 0.3) is 0 Å². The molecule has 2 aromatic rings. The molecule has 0 aliphatic carbocycles. The molecule has 6 nitrogen and oxygen atoms in total. The second-order valence-electron chi connectivity index (χ2n) is 6.33. The number of rotatable bonds is 6. The molecule has 0 unspecified atom stereocenters. The van der Waals surface area contributed by atoms with E-state index < -0.39 is 30.2 Å². The van der Waals surface area contributed by atoms with Crippen LogP contribution in [0.1, 0.15) is 12.0 Å². The third kappa shape index (κ3) is 4.67. The molecular weight excluding hydrogens is 387 g/mol. The Morgan fingerprint density at radius 1 is 1.18 bits per heavy atom. The van der Waals surface area contributed by atoms with E-state index in [0.717, 1.165) is 5.56 Å². The van der Waals surface area contributed by atoms with Crippen LogP contribution in [-0.2, 0) is 25.7 Å². The molecule has 2 aromatic carbocycles. The topological polar surface area (TPSA) is 75.7 Å². The van der Waals surface area contributed by atoms with Crippen LogP contribution in [0.3, 0.4) is 0 Å². The molecule has 2 amide bonds. The van der Waals surface area contributed by atoms with Crippen molar-refractivity contribution in [1.82, 2.24) is 5.32 Å². The van der Waals surface area contributed by atoms with Crippen LogP contribution >= 0.6 is 11.6 Å². The third-order valence-corrected chi connectivity index (χ3v) is 4.75. The number of nitrogens with one attached hydrogen (secondary N) is 1. The highest BCUT2D eigenvalue weighted by Gasteiger charge is 2.37. The first-order chi connectivity index (χ1) is 13.5. The van der Waals surface area contributed by atoms with Crippen molar-refractivity contribution in [2.75, 3.05) is 18.1 Å². The van der Waals surface area contributed by atoms with Gasteiger partial charge in [-0.05, 0) is 23.8 Å². The van der Waals surface area contributed by atoms with Crippen molar-refractivity contribution in [3.8, 4) is 0 Å². The number of para-hydroxylation sites is 1. The largest absolute Gasteiger partial charge is 0.455 e. The van der Waals surface area contributed by atoms with Gasteiger partial charge >= 0.3 is 5.97 Å². The van der Waals surface area contributed by atoms with Gasteiger partial charge in [-0.15, -0.1) is 0 Å². The van der Waals surface area contributed by atoms with Crippen LogP contribution in [0.4, 0.5) is 10.1 Å². The van der Waals surface area contributed by atoms with Crippen molar-refractivity contribution in [3.63, 3.8) is 0 Å². The van der Waals surface area contributed by atoms with Gasteiger partial charge < -0.3 is 15.0 Å². The molecule has 1 heterocycles. The first kappa shape index (κ1) is 19.8. The molecule has 0 bridgehead atoms. The maximum atomic E-state index is 13.9. The van der Waals surface area contributed by atoms with Crippen molar-refractivity contribution in [2.45, 2.75) is 13.0 Å². The average molecular weight is 405 g/mol. The fourth-order valence-electron chi connectivity index (χ4n) is 2.91. The molecule has 0 radical (unpaired) electrons. The summed E-state index contributed by atoms with van der Waals surface area (Å²) in [5, 5.41) is 3.13. The highest BCUT2D eigenvalue weighted by atomic mass is 35.5. The van der Waals surface area contributed by atoms with Gasteiger partial charge in [0.05, 0.1) is 11.6 Å². The van der Waals surface area contributed by atoms with Gasteiger partial charge in [0.1, 0.15) is 5.82 Å². The normalized spacial score (nSPS) is 16.1. The maximum Gasteiger partial charge on any atom is 0.311 e. The smallest absolute Gasteiger partial charge is 0.311 e. The SMILES string of the molecule is O=C(COC(=O)[C@@H]1CC(=O)N(c2ccccc2F)C1)NCc1ccccc1Cl. The maximum absolute atomic E-state index is 13.9. The van der Waals surface area contributed by atoms with E-state index in [4.69, 9.17) is 16.3 Å². The molecule has 0 spiro atoms. The third-order valence-electron chi connectivity index (χ3n) is 4.38. The number of anilines is 1. The molecule has 1 saturated heterocycles. The van der Waals surface area contributed by atoms with Crippen molar-refractivity contribution in [2.24, 2.45) is 5.92 Å². The van der Waals surface area contributed by atoms with Gasteiger partial charge in [0, 0.05) is 24.5 Å². The summed E-state index contributed by atoms with van der Waals surface area (Å²) < 4.78 is 18.9. The Kier molecular flexibility index (Phi) is 6.26. The van der Waals surface area contributed by atoms with E-state index in [0.29, 0.717) is 5.02 Å². The predicted molar refractivity (Wildman–Crippen MR) is 101 cm³/mol. The Labute approximate surface area is 166 Å². The molecule has 146 valence electrons. The molecule has 1 aliphatic heterocycles. The van der Waals surface area contributed by atoms with E-state index in [9.17, 15) is 18.8 Å². The number of hydrogen-bond donors (Lipinski definition) is 1. The fourth-order valence-corrected chi connectivity index (χ4v) is 3.11. The van der Waals surface area contributed by atoms with Crippen molar-refractivity contribution in [3.05, 3.63) is 64.9 Å². The molecule has 1 fully saturated rings. The first-order valence-corrected chi connectivity index (χ1v) is 9.05. The summed E-state index contributed by atoms with van der Waals surface area (Å²) >= 11 is 6.01. The molecule has 0 saturated carbocycles. The summed E-state index contributed by atoms with van der Waals surface area (Å²) in [6.45, 7) is -0.244. The van der Waals surface area contributed by atoms with E-state index >= 15 is 0 Å². The van der Waals surface area contributed by atoms with Gasteiger partial charge in [-0.3, -0.25) is 14.4 Å².